The van der Waals surface area contributed by atoms with E-state index < -0.39 is 0 Å². The maximum absolute atomic E-state index is 8.30. The smallest absolute Gasteiger partial charge is 0.133 e. The van der Waals surface area contributed by atoms with E-state index in [-0.39, 0.29) is 0 Å². The van der Waals surface area contributed by atoms with Crippen molar-refractivity contribution < 1.29 is 0 Å². The second kappa shape index (κ2) is 5.63. The summed E-state index contributed by atoms with van der Waals surface area (Å²) in [5.41, 5.74) is 7.19. The van der Waals surface area contributed by atoms with Crippen LogP contribution in [0.25, 0.3) is 0 Å². The number of benzene rings is 1. The Morgan fingerprint density at radius 3 is 3.07 bits per heavy atom. The first-order chi connectivity index (χ1) is 6.74. The number of anilines is 2. The monoisotopic (exact) mass is 227 g/mol. The molecule has 0 fully saturated rings. The summed E-state index contributed by atoms with van der Waals surface area (Å²) in [7, 11) is 0. The van der Waals surface area contributed by atoms with Crippen LogP contribution in [0.5, 0.6) is 0 Å². The van der Waals surface area contributed by atoms with Crippen molar-refractivity contribution in [2.45, 2.75) is 0 Å². The van der Waals surface area contributed by atoms with Crippen molar-refractivity contribution in [3.8, 4) is 5.40 Å². The van der Waals surface area contributed by atoms with Crippen molar-refractivity contribution in [2.24, 2.45) is 0 Å². The van der Waals surface area contributed by atoms with Crippen molar-refractivity contribution in [3.63, 3.8) is 0 Å². The molecule has 3 nitrogen and oxygen atoms in total. The molecule has 0 heterocycles. The van der Waals surface area contributed by atoms with E-state index in [9.17, 15) is 0 Å². The highest BCUT2D eigenvalue weighted by atomic mass is 35.5. The van der Waals surface area contributed by atoms with Gasteiger partial charge in [-0.3, -0.25) is 0 Å². The van der Waals surface area contributed by atoms with Gasteiger partial charge in [0.15, 0.2) is 0 Å². The van der Waals surface area contributed by atoms with E-state index in [1.165, 1.54) is 11.8 Å². The van der Waals surface area contributed by atoms with Gasteiger partial charge in [0.25, 0.3) is 0 Å². The van der Waals surface area contributed by atoms with Gasteiger partial charge < -0.3 is 11.1 Å². The SMILES string of the molecule is N#CSCCNc1cc(Cl)ccc1N. The number of nitrogens with zero attached hydrogens (tertiary/aromatic N) is 1. The highest BCUT2D eigenvalue weighted by molar-refractivity contribution is 8.03. The standard InChI is InChI=1S/C9H10ClN3S/c10-7-1-2-8(12)9(5-7)13-3-4-14-6-11/h1-2,5,13H,3-4,12H2. The molecule has 0 aliphatic rings. The van der Waals surface area contributed by atoms with Gasteiger partial charge in [0.05, 0.1) is 11.4 Å². The number of halogens is 1. The van der Waals surface area contributed by atoms with Crippen LogP contribution in [-0.4, -0.2) is 12.3 Å². The van der Waals surface area contributed by atoms with Gasteiger partial charge in [-0.2, -0.15) is 5.26 Å². The third-order valence-electron chi connectivity index (χ3n) is 1.60. The molecule has 0 spiro atoms. The molecular formula is C9H10ClN3S. The van der Waals surface area contributed by atoms with E-state index in [1.54, 1.807) is 18.2 Å². The molecule has 74 valence electrons. The van der Waals surface area contributed by atoms with E-state index in [2.05, 4.69) is 5.32 Å². The second-order valence-corrected chi connectivity index (χ2v) is 3.91. The lowest BCUT2D eigenvalue weighted by atomic mass is 10.3. The Bertz CT molecular complexity index is 348. The van der Waals surface area contributed by atoms with Gasteiger partial charge in [0.2, 0.25) is 0 Å². The number of thiocyanates is 1. The van der Waals surface area contributed by atoms with Crippen LogP contribution in [0.2, 0.25) is 5.02 Å². The summed E-state index contributed by atoms with van der Waals surface area (Å²) in [5, 5.41) is 14.1. The summed E-state index contributed by atoms with van der Waals surface area (Å²) >= 11 is 7.01. The lowest BCUT2D eigenvalue weighted by molar-refractivity contribution is 1.23. The molecule has 0 radical (unpaired) electrons. The average Bonchev–Trinajstić information content (AvgIpc) is 2.18. The number of hydrogen-bond donors (Lipinski definition) is 2. The van der Waals surface area contributed by atoms with Gasteiger partial charge >= 0.3 is 0 Å². The van der Waals surface area contributed by atoms with Crippen LogP contribution in [0.3, 0.4) is 0 Å². The molecule has 1 aromatic rings. The summed E-state index contributed by atoms with van der Waals surface area (Å²) in [6.45, 7) is 0.697. The van der Waals surface area contributed by atoms with Crippen LogP contribution in [0.15, 0.2) is 18.2 Å². The summed E-state index contributed by atoms with van der Waals surface area (Å²) in [5.74, 6) is 0.725. The molecule has 0 atom stereocenters. The number of thioether (sulfide) groups is 1. The fourth-order valence-corrected chi connectivity index (χ4v) is 1.43. The molecule has 0 unspecified atom stereocenters. The zero-order valence-electron chi connectivity index (χ0n) is 7.46. The molecule has 0 aliphatic heterocycles. The van der Waals surface area contributed by atoms with Gasteiger partial charge in [-0.05, 0) is 30.0 Å². The molecule has 0 aliphatic carbocycles. The van der Waals surface area contributed by atoms with Crippen LogP contribution in [0.1, 0.15) is 0 Å². The van der Waals surface area contributed by atoms with Crippen molar-refractivity contribution in [1.29, 1.82) is 5.26 Å². The molecule has 0 saturated heterocycles. The van der Waals surface area contributed by atoms with Crippen LogP contribution < -0.4 is 11.1 Å². The molecule has 0 aromatic heterocycles. The van der Waals surface area contributed by atoms with Crippen molar-refractivity contribution >= 4 is 34.7 Å². The molecule has 1 aromatic carbocycles. The fourth-order valence-electron chi connectivity index (χ4n) is 0.964. The third kappa shape index (κ3) is 3.36. The minimum absolute atomic E-state index is 0.648. The first-order valence-corrected chi connectivity index (χ1v) is 5.40. The molecular weight excluding hydrogens is 218 g/mol. The van der Waals surface area contributed by atoms with Crippen LogP contribution in [-0.2, 0) is 0 Å². The number of nitrogens with two attached hydrogens (primary N) is 1. The summed E-state index contributed by atoms with van der Waals surface area (Å²) in [6, 6.07) is 5.27. The Morgan fingerprint density at radius 2 is 2.36 bits per heavy atom. The summed E-state index contributed by atoms with van der Waals surface area (Å²) < 4.78 is 0. The highest BCUT2D eigenvalue weighted by Gasteiger charge is 1.98. The zero-order valence-corrected chi connectivity index (χ0v) is 9.03. The van der Waals surface area contributed by atoms with Gasteiger partial charge in [0.1, 0.15) is 5.40 Å². The Morgan fingerprint density at radius 1 is 1.57 bits per heavy atom. The number of nitriles is 1. The predicted octanol–water partition coefficient (Wildman–Crippen LogP) is 2.55. The number of rotatable bonds is 4. The quantitative estimate of drug-likeness (QED) is 0.472. The Balaban J connectivity index is 2.50. The second-order valence-electron chi connectivity index (χ2n) is 2.60. The van der Waals surface area contributed by atoms with Crippen molar-refractivity contribution in [1.82, 2.24) is 0 Å². The fraction of sp³-hybridized carbons (Fsp3) is 0.222. The van der Waals surface area contributed by atoms with Crippen LogP contribution in [0.4, 0.5) is 11.4 Å². The lowest BCUT2D eigenvalue weighted by Crippen LogP contribution is -2.05. The number of hydrogen-bond acceptors (Lipinski definition) is 4. The molecule has 0 saturated carbocycles. The van der Waals surface area contributed by atoms with Gasteiger partial charge in [-0.15, -0.1) is 0 Å². The molecule has 1 rings (SSSR count). The Labute approximate surface area is 92.2 Å². The maximum atomic E-state index is 8.30. The summed E-state index contributed by atoms with van der Waals surface area (Å²) in [6.07, 6.45) is 0. The van der Waals surface area contributed by atoms with Gasteiger partial charge in [0, 0.05) is 17.3 Å². The minimum atomic E-state index is 0.648. The first-order valence-electron chi connectivity index (χ1n) is 4.04. The highest BCUT2D eigenvalue weighted by Crippen LogP contribution is 2.22. The normalized spacial score (nSPS) is 9.43. The molecule has 5 heteroatoms. The van der Waals surface area contributed by atoms with E-state index in [0.29, 0.717) is 17.3 Å². The molecule has 14 heavy (non-hydrogen) atoms. The average molecular weight is 228 g/mol. The Kier molecular flexibility index (Phi) is 4.44. The molecule has 0 bridgehead atoms. The summed E-state index contributed by atoms with van der Waals surface area (Å²) in [4.78, 5) is 0. The van der Waals surface area contributed by atoms with Crippen LogP contribution in [0, 0.1) is 10.7 Å². The van der Waals surface area contributed by atoms with E-state index in [0.717, 1.165) is 11.4 Å². The predicted molar refractivity (Wildman–Crippen MR) is 62.4 cm³/mol. The lowest BCUT2D eigenvalue weighted by Gasteiger charge is -2.07. The van der Waals surface area contributed by atoms with E-state index in [1.807, 2.05) is 5.40 Å². The molecule has 3 N–H and O–H groups in total. The topological polar surface area (TPSA) is 61.8 Å². The first kappa shape index (κ1) is 11.0. The molecule has 0 amide bonds. The maximum Gasteiger partial charge on any atom is 0.133 e. The van der Waals surface area contributed by atoms with Crippen LogP contribution >= 0.6 is 23.4 Å². The van der Waals surface area contributed by atoms with Crippen molar-refractivity contribution in [2.75, 3.05) is 23.3 Å². The van der Waals surface area contributed by atoms with Gasteiger partial charge in [-0.1, -0.05) is 11.6 Å². The minimum Gasteiger partial charge on any atom is -0.397 e. The zero-order chi connectivity index (χ0) is 10.4. The number of nitrogens with one attached hydrogen (secondary N) is 1. The Hall–Kier alpha value is -1.05. The van der Waals surface area contributed by atoms with E-state index >= 15 is 0 Å². The third-order valence-corrected chi connectivity index (χ3v) is 2.37. The van der Waals surface area contributed by atoms with Gasteiger partial charge in [-0.25, -0.2) is 0 Å². The van der Waals surface area contributed by atoms with Crippen molar-refractivity contribution in [3.05, 3.63) is 23.2 Å². The largest absolute Gasteiger partial charge is 0.397 e. The van der Waals surface area contributed by atoms with E-state index in [4.69, 9.17) is 22.6 Å². The number of nitrogen functional groups attached to an aromatic ring is 1.